The van der Waals surface area contributed by atoms with Crippen molar-refractivity contribution < 1.29 is 9.90 Å². The molecule has 0 aliphatic rings. The van der Waals surface area contributed by atoms with Gasteiger partial charge < -0.3 is 10.4 Å². The van der Waals surface area contributed by atoms with Gasteiger partial charge in [0, 0.05) is 28.2 Å². The predicted octanol–water partition coefficient (Wildman–Crippen LogP) is 3.14. The fourth-order valence-electron chi connectivity index (χ4n) is 1.33. The molecular weight excluding hydrogens is 285 g/mol. The third-order valence-electron chi connectivity index (χ3n) is 2.66. The average molecular weight is 302 g/mol. The van der Waals surface area contributed by atoms with Crippen LogP contribution in [0.4, 0.5) is 0 Å². The van der Waals surface area contributed by atoms with Gasteiger partial charge in [-0.3, -0.25) is 4.79 Å². The third kappa shape index (κ3) is 5.23. The average Bonchev–Trinajstić information content (AvgIpc) is 2.35. The molecule has 2 N–H and O–H groups in total. The predicted molar refractivity (Wildman–Crippen MR) is 79.4 cm³/mol. The molecule has 0 saturated heterocycles. The molecule has 0 bridgehead atoms. The Labute approximate surface area is 123 Å². The van der Waals surface area contributed by atoms with E-state index < -0.39 is 6.10 Å². The van der Waals surface area contributed by atoms with E-state index in [-0.39, 0.29) is 18.4 Å². The van der Waals surface area contributed by atoms with Crippen LogP contribution in [0.5, 0.6) is 0 Å². The number of hydrogen-bond donors (Lipinski definition) is 2. The number of halogens is 2. The molecule has 0 aliphatic heterocycles. The van der Waals surface area contributed by atoms with E-state index >= 15 is 0 Å². The summed E-state index contributed by atoms with van der Waals surface area (Å²) in [5, 5.41) is 13.1. The first-order valence-corrected chi connectivity index (χ1v) is 6.75. The molecule has 5 heteroatoms. The van der Waals surface area contributed by atoms with Crippen molar-refractivity contribution in [1.29, 1.82) is 0 Å². The van der Waals surface area contributed by atoms with Gasteiger partial charge in [0.15, 0.2) is 0 Å². The van der Waals surface area contributed by atoms with E-state index in [0.29, 0.717) is 15.6 Å². The quantitative estimate of drug-likeness (QED) is 0.821. The number of aliphatic hydroxyl groups excluding tert-OH is 1. The standard InChI is InChI=1S/C14H17Cl2NO2/c1-9(2)13(18)8-17-14(19)7-6-10-11(15)4-3-5-12(10)16/h3-7,9,13,18H,8H2,1-2H3,(H,17,19)/b7-6+. The summed E-state index contributed by atoms with van der Waals surface area (Å²) < 4.78 is 0. The first kappa shape index (κ1) is 16.0. The Morgan fingerprint density at radius 3 is 2.47 bits per heavy atom. The van der Waals surface area contributed by atoms with Crippen LogP contribution in [0.2, 0.25) is 10.0 Å². The largest absolute Gasteiger partial charge is 0.391 e. The highest BCUT2D eigenvalue weighted by Gasteiger charge is 2.09. The van der Waals surface area contributed by atoms with Crippen LogP contribution in [0, 0.1) is 5.92 Å². The van der Waals surface area contributed by atoms with Gasteiger partial charge in [0.1, 0.15) is 0 Å². The zero-order valence-corrected chi connectivity index (χ0v) is 12.4. The van der Waals surface area contributed by atoms with Crippen molar-refractivity contribution in [3.8, 4) is 0 Å². The van der Waals surface area contributed by atoms with Crippen molar-refractivity contribution in [2.45, 2.75) is 20.0 Å². The zero-order valence-electron chi connectivity index (χ0n) is 10.9. The number of carbonyl (C=O) groups excluding carboxylic acids is 1. The van der Waals surface area contributed by atoms with E-state index in [1.165, 1.54) is 6.08 Å². The molecule has 104 valence electrons. The van der Waals surface area contributed by atoms with E-state index in [1.807, 2.05) is 13.8 Å². The van der Waals surface area contributed by atoms with Crippen LogP contribution in [0.15, 0.2) is 24.3 Å². The maximum Gasteiger partial charge on any atom is 0.244 e. The van der Waals surface area contributed by atoms with Gasteiger partial charge in [-0.2, -0.15) is 0 Å². The minimum absolute atomic E-state index is 0.0993. The fraction of sp³-hybridized carbons (Fsp3) is 0.357. The summed E-state index contributed by atoms with van der Waals surface area (Å²) in [6.07, 6.45) is 2.35. The monoisotopic (exact) mass is 301 g/mol. The molecule has 1 rings (SSSR count). The highest BCUT2D eigenvalue weighted by atomic mass is 35.5. The summed E-state index contributed by atoms with van der Waals surface area (Å²) in [7, 11) is 0. The van der Waals surface area contributed by atoms with Crippen LogP contribution in [-0.2, 0) is 4.79 Å². The molecule has 1 unspecified atom stereocenters. The summed E-state index contributed by atoms with van der Waals surface area (Å²) in [6.45, 7) is 3.99. The third-order valence-corrected chi connectivity index (χ3v) is 3.32. The molecule has 19 heavy (non-hydrogen) atoms. The van der Waals surface area contributed by atoms with Crippen LogP contribution in [0.25, 0.3) is 6.08 Å². The second-order valence-electron chi connectivity index (χ2n) is 4.53. The van der Waals surface area contributed by atoms with E-state index in [4.69, 9.17) is 23.2 Å². The van der Waals surface area contributed by atoms with Crippen molar-refractivity contribution in [3.05, 3.63) is 39.9 Å². The molecule has 0 saturated carbocycles. The van der Waals surface area contributed by atoms with Gasteiger partial charge in [0.25, 0.3) is 0 Å². The van der Waals surface area contributed by atoms with Crippen molar-refractivity contribution in [2.75, 3.05) is 6.54 Å². The molecule has 0 spiro atoms. The van der Waals surface area contributed by atoms with Crippen molar-refractivity contribution in [3.63, 3.8) is 0 Å². The van der Waals surface area contributed by atoms with Crippen molar-refractivity contribution >= 4 is 35.2 Å². The molecule has 1 atom stereocenters. The van der Waals surface area contributed by atoms with Crippen molar-refractivity contribution in [1.82, 2.24) is 5.32 Å². The summed E-state index contributed by atoms with van der Waals surface area (Å²) in [5.74, 6) is -0.196. The van der Waals surface area contributed by atoms with E-state index in [1.54, 1.807) is 24.3 Å². The van der Waals surface area contributed by atoms with Gasteiger partial charge in [-0.15, -0.1) is 0 Å². The molecule has 0 aromatic heterocycles. The number of benzene rings is 1. The summed E-state index contributed by atoms with van der Waals surface area (Å²) in [6, 6.07) is 5.14. The summed E-state index contributed by atoms with van der Waals surface area (Å²) in [4.78, 5) is 11.6. The van der Waals surface area contributed by atoms with Gasteiger partial charge in [0.2, 0.25) is 5.91 Å². The lowest BCUT2D eigenvalue weighted by Gasteiger charge is -2.14. The zero-order chi connectivity index (χ0) is 14.4. The van der Waals surface area contributed by atoms with Crippen LogP contribution in [0.1, 0.15) is 19.4 Å². The number of rotatable bonds is 5. The number of aliphatic hydroxyl groups is 1. The molecule has 0 fully saturated rings. The smallest absolute Gasteiger partial charge is 0.244 e. The van der Waals surface area contributed by atoms with Gasteiger partial charge in [-0.25, -0.2) is 0 Å². The summed E-state index contributed by atoms with van der Waals surface area (Å²) in [5.41, 5.74) is 0.602. The molecule has 0 radical (unpaired) electrons. The normalized spacial score (nSPS) is 12.9. The minimum Gasteiger partial charge on any atom is -0.391 e. The van der Waals surface area contributed by atoms with Crippen LogP contribution < -0.4 is 5.32 Å². The Hall–Kier alpha value is -1.03. The molecule has 0 heterocycles. The van der Waals surface area contributed by atoms with Crippen LogP contribution >= 0.6 is 23.2 Å². The van der Waals surface area contributed by atoms with Gasteiger partial charge >= 0.3 is 0 Å². The SMILES string of the molecule is CC(C)C(O)CNC(=O)/C=C/c1c(Cl)cccc1Cl. The van der Waals surface area contributed by atoms with Crippen molar-refractivity contribution in [2.24, 2.45) is 5.92 Å². The van der Waals surface area contributed by atoms with Gasteiger partial charge in [-0.05, 0) is 24.1 Å². The summed E-state index contributed by atoms with van der Waals surface area (Å²) >= 11 is 11.9. The maximum atomic E-state index is 11.6. The number of nitrogens with one attached hydrogen (secondary N) is 1. The Bertz CT molecular complexity index is 452. The molecule has 3 nitrogen and oxygen atoms in total. The minimum atomic E-state index is -0.554. The number of carbonyl (C=O) groups is 1. The van der Waals surface area contributed by atoms with Crippen LogP contribution in [-0.4, -0.2) is 23.7 Å². The second-order valence-corrected chi connectivity index (χ2v) is 5.34. The second kappa shape index (κ2) is 7.53. The maximum absolute atomic E-state index is 11.6. The molecular formula is C14H17Cl2NO2. The van der Waals surface area contributed by atoms with E-state index in [0.717, 1.165) is 0 Å². The Morgan fingerprint density at radius 1 is 1.37 bits per heavy atom. The number of amides is 1. The Morgan fingerprint density at radius 2 is 1.95 bits per heavy atom. The highest BCUT2D eigenvalue weighted by Crippen LogP contribution is 2.25. The van der Waals surface area contributed by atoms with E-state index in [9.17, 15) is 9.90 Å². The Kier molecular flexibility index (Phi) is 6.35. The molecule has 1 aromatic carbocycles. The van der Waals surface area contributed by atoms with Gasteiger partial charge in [-0.1, -0.05) is 43.1 Å². The van der Waals surface area contributed by atoms with E-state index in [2.05, 4.69) is 5.32 Å². The number of hydrogen-bond acceptors (Lipinski definition) is 2. The fourth-order valence-corrected chi connectivity index (χ4v) is 1.85. The lowest BCUT2D eigenvalue weighted by molar-refractivity contribution is -0.117. The van der Waals surface area contributed by atoms with Gasteiger partial charge in [0.05, 0.1) is 6.10 Å². The molecule has 1 amide bonds. The highest BCUT2D eigenvalue weighted by molar-refractivity contribution is 6.37. The topological polar surface area (TPSA) is 49.3 Å². The Balaban J connectivity index is 2.59. The lowest BCUT2D eigenvalue weighted by Crippen LogP contribution is -2.33. The first-order chi connectivity index (χ1) is 8.91. The first-order valence-electron chi connectivity index (χ1n) is 5.99. The molecule has 0 aliphatic carbocycles. The van der Waals surface area contributed by atoms with Crippen LogP contribution in [0.3, 0.4) is 0 Å². The lowest BCUT2D eigenvalue weighted by atomic mass is 10.1. The molecule has 1 aromatic rings.